The first-order valence-corrected chi connectivity index (χ1v) is 8.33. The fourth-order valence-corrected chi connectivity index (χ4v) is 2.97. The van der Waals surface area contributed by atoms with Crippen LogP contribution in [0.1, 0.15) is 30.9 Å². The minimum absolute atomic E-state index is 0.203. The van der Waals surface area contributed by atoms with Gasteiger partial charge in [-0.15, -0.1) is 10.2 Å². The van der Waals surface area contributed by atoms with Gasteiger partial charge in [-0.25, -0.2) is 0 Å². The first-order valence-electron chi connectivity index (χ1n) is 8.33. The number of rotatable bonds is 4. The second kappa shape index (κ2) is 5.92. The third-order valence-corrected chi connectivity index (χ3v) is 4.17. The summed E-state index contributed by atoms with van der Waals surface area (Å²) < 4.78 is 17.6. The quantitative estimate of drug-likeness (QED) is 0.709. The second-order valence-electron chi connectivity index (χ2n) is 6.94. The van der Waals surface area contributed by atoms with Crippen LogP contribution in [0.3, 0.4) is 0 Å². The molecule has 0 fully saturated rings. The van der Waals surface area contributed by atoms with E-state index < -0.39 is 0 Å². The van der Waals surface area contributed by atoms with E-state index in [9.17, 15) is 0 Å². The highest BCUT2D eigenvalue weighted by Crippen LogP contribution is 2.41. The van der Waals surface area contributed by atoms with E-state index in [1.54, 1.807) is 0 Å². The Kier molecular flexibility index (Phi) is 3.71. The molecule has 2 aromatic carbocycles. The van der Waals surface area contributed by atoms with Crippen LogP contribution in [-0.2, 0) is 13.0 Å². The molecule has 25 heavy (non-hydrogen) atoms. The van der Waals surface area contributed by atoms with E-state index in [0.29, 0.717) is 17.5 Å². The van der Waals surface area contributed by atoms with Crippen molar-refractivity contribution in [2.75, 3.05) is 0 Å². The molecule has 0 saturated carbocycles. The van der Waals surface area contributed by atoms with Crippen molar-refractivity contribution in [1.29, 1.82) is 0 Å². The van der Waals surface area contributed by atoms with Crippen molar-refractivity contribution in [2.24, 2.45) is 0 Å². The van der Waals surface area contributed by atoms with E-state index in [2.05, 4.69) is 30.1 Å². The van der Waals surface area contributed by atoms with Crippen LogP contribution in [0.25, 0.3) is 11.5 Å². The molecule has 1 aliphatic rings. The molecule has 0 N–H and O–H groups in total. The van der Waals surface area contributed by atoms with Crippen LogP contribution in [0.5, 0.6) is 11.5 Å². The van der Waals surface area contributed by atoms with E-state index in [0.717, 1.165) is 23.3 Å². The van der Waals surface area contributed by atoms with Gasteiger partial charge in [0.1, 0.15) is 5.60 Å². The van der Waals surface area contributed by atoms with Gasteiger partial charge in [0, 0.05) is 17.5 Å². The maximum atomic E-state index is 6.01. The van der Waals surface area contributed by atoms with Crippen molar-refractivity contribution >= 4 is 0 Å². The monoisotopic (exact) mass is 336 g/mol. The van der Waals surface area contributed by atoms with E-state index in [4.69, 9.17) is 13.9 Å². The first kappa shape index (κ1) is 15.7. The third-order valence-electron chi connectivity index (χ3n) is 4.17. The lowest BCUT2D eigenvalue weighted by Crippen LogP contribution is -2.24. The molecule has 0 unspecified atom stereocenters. The average molecular weight is 336 g/mol. The summed E-state index contributed by atoms with van der Waals surface area (Å²) in [5.41, 5.74) is 3.04. The SMILES string of the molecule is Cc1ccc(-c2nnc(COc3cccc4c3OC(C)(C)C4)o2)cc1. The summed E-state index contributed by atoms with van der Waals surface area (Å²) in [4.78, 5) is 0. The fourth-order valence-electron chi connectivity index (χ4n) is 2.97. The summed E-state index contributed by atoms with van der Waals surface area (Å²) in [5, 5.41) is 8.17. The van der Waals surface area contributed by atoms with Crippen molar-refractivity contribution in [3.63, 3.8) is 0 Å². The zero-order chi connectivity index (χ0) is 17.4. The van der Waals surface area contributed by atoms with Gasteiger partial charge in [-0.2, -0.15) is 0 Å². The predicted octanol–water partition coefficient (Wildman–Crippen LogP) is 4.34. The number of aromatic nitrogens is 2. The highest BCUT2D eigenvalue weighted by atomic mass is 16.5. The highest BCUT2D eigenvalue weighted by Gasteiger charge is 2.32. The van der Waals surface area contributed by atoms with E-state index in [1.807, 2.05) is 43.3 Å². The fraction of sp³-hybridized carbons (Fsp3) is 0.300. The highest BCUT2D eigenvalue weighted by molar-refractivity contribution is 5.53. The van der Waals surface area contributed by atoms with Gasteiger partial charge < -0.3 is 13.9 Å². The Labute approximate surface area is 146 Å². The minimum Gasteiger partial charge on any atom is -0.483 e. The van der Waals surface area contributed by atoms with E-state index in [-0.39, 0.29) is 12.2 Å². The summed E-state index contributed by atoms with van der Waals surface area (Å²) in [6, 6.07) is 13.9. The minimum atomic E-state index is -0.203. The van der Waals surface area contributed by atoms with Crippen molar-refractivity contribution in [1.82, 2.24) is 10.2 Å². The molecule has 1 aliphatic heterocycles. The number of hydrogen-bond acceptors (Lipinski definition) is 5. The molecule has 0 atom stereocenters. The molecule has 5 nitrogen and oxygen atoms in total. The Morgan fingerprint density at radius 3 is 2.68 bits per heavy atom. The Hall–Kier alpha value is -2.82. The number of aryl methyl sites for hydroxylation is 1. The lowest BCUT2D eigenvalue weighted by Gasteiger charge is -2.18. The summed E-state index contributed by atoms with van der Waals surface area (Å²) in [5.74, 6) is 2.45. The van der Waals surface area contributed by atoms with Crippen LogP contribution in [0, 0.1) is 6.92 Å². The summed E-state index contributed by atoms with van der Waals surface area (Å²) in [7, 11) is 0. The molecule has 128 valence electrons. The van der Waals surface area contributed by atoms with E-state index >= 15 is 0 Å². The standard InChI is InChI=1S/C20H20N2O3/c1-13-7-9-14(10-8-13)19-22-21-17(24-19)12-23-16-6-4-5-15-11-20(2,3)25-18(15)16/h4-10H,11-12H2,1-3H3. The predicted molar refractivity (Wildman–Crippen MR) is 93.7 cm³/mol. The van der Waals surface area contributed by atoms with Gasteiger partial charge in [0.2, 0.25) is 5.89 Å². The number of benzene rings is 2. The van der Waals surface area contributed by atoms with Crippen LogP contribution < -0.4 is 9.47 Å². The molecule has 1 aromatic heterocycles. The average Bonchev–Trinajstić information content (AvgIpc) is 3.16. The maximum absolute atomic E-state index is 6.01. The molecule has 5 heteroatoms. The lowest BCUT2D eigenvalue weighted by molar-refractivity contribution is 0.130. The molecule has 0 bridgehead atoms. The van der Waals surface area contributed by atoms with E-state index in [1.165, 1.54) is 5.56 Å². The van der Waals surface area contributed by atoms with Crippen molar-refractivity contribution in [3.05, 3.63) is 59.5 Å². The maximum Gasteiger partial charge on any atom is 0.254 e. The number of fused-ring (bicyclic) bond motifs is 1. The largest absolute Gasteiger partial charge is 0.483 e. The van der Waals surface area contributed by atoms with Crippen molar-refractivity contribution in [2.45, 2.75) is 39.4 Å². The Morgan fingerprint density at radius 1 is 1.08 bits per heavy atom. The van der Waals surface area contributed by atoms with Gasteiger partial charge >= 0.3 is 0 Å². The van der Waals surface area contributed by atoms with Crippen molar-refractivity contribution < 1.29 is 13.9 Å². The van der Waals surface area contributed by atoms with Gasteiger partial charge in [0.05, 0.1) is 0 Å². The van der Waals surface area contributed by atoms with Crippen LogP contribution in [0.2, 0.25) is 0 Å². The molecule has 0 radical (unpaired) electrons. The smallest absolute Gasteiger partial charge is 0.254 e. The Bertz CT molecular complexity index is 898. The molecule has 0 spiro atoms. The zero-order valence-corrected chi connectivity index (χ0v) is 14.6. The molecule has 0 amide bonds. The van der Waals surface area contributed by atoms with Crippen LogP contribution in [0.15, 0.2) is 46.9 Å². The molecule has 4 rings (SSSR count). The molecule has 3 aromatic rings. The lowest BCUT2D eigenvalue weighted by atomic mass is 10.0. The summed E-state index contributed by atoms with van der Waals surface area (Å²) in [6.45, 7) is 6.39. The second-order valence-corrected chi connectivity index (χ2v) is 6.94. The molecular formula is C20H20N2O3. The number of ether oxygens (including phenoxy) is 2. The van der Waals surface area contributed by atoms with Crippen LogP contribution in [-0.4, -0.2) is 15.8 Å². The van der Waals surface area contributed by atoms with Crippen LogP contribution >= 0.6 is 0 Å². The van der Waals surface area contributed by atoms with Gasteiger partial charge in [0.25, 0.3) is 5.89 Å². The number of hydrogen-bond donors (Lipinski definition) is 0. The molecule has 2 heterocycles. The summed E-state index contributed by atoms with van der Waals surface area (Å²) in [6.07, 6.45) is 0.873. The van der Waals surface area contributed by atoms with Gasteiger partial charge in [-0.05, 0) is 39.0 Å². The van der Waals surface area contributed by atoms with Gasteiger partial charge in [-0.1, -0.05) is 29.8 Å². The zero-order valence-electron chi connectivity index (χ0n) is 14.6. The number of nitrogens with zero attached hydrogens (tertiary/aromatic N) is 2. The van der Waals surface area contributed by atoms with Gasteiger partial charge in [-0.3, -0.25) is 0 Å². The molecular weight excluding hydrogens is 316 g/mol. The third kappa shape index (κ3) is 3.22. The molecule has 0 saturated heterocycles. The van der Waals surface area contributed by atoms with Crippen molar-refractivity contribution in [3.8, 4) is 23.0 Å². The Morgan fingerprint density at radius 2 is 1.88 bits per heavy atom. The summed E-state index contributed by atoms with van der Waals surface area (Å²) >= 11 is 0. The first-order chi connectivity index (χ1) is 12.0. The van der Waals surface area contributed by atoms with Gasteiger partial charge in [0.15, 0.2) is 18.1 Å². The van der Waals surface area contributed by atoms with Crippen LogP contribution in [0.4, 0.5) is 0 Å². The molecule has 0 aliphatic carbocycles. The topological polar surface area (TPSA) is 57.4 Å². The normalized spacial score (nSPS) is 14.8. The Balaban J connectivity index is 1.49. The number of para-hydroxylation sites is 1.